The third kappa shape index (κ3) is 8.69. The summed E-state index contributed by atoms with van der Waals surface area (Å²) in [4.78, 5) is 6.56. The average Bonchev–Trinajstić information content (AvgIpc) is 2.59. The van der Waals surface area contributed by atoms with Crippen LogP contribution in [0.5, 0.6) is 0 Å². The largest absolute Gasteiger partial charge is 0.377 e. The van der Waals surface area contributed by atoms with Gasteiger partial charge in [0.25, 0.3) is 0 Å². The molecule has 26 heavy (non-hydrogen) atoms. The minimum absolute atomic E-state index is 0.163. The van der Waals surface area contributed by atoms with Crippen LogP contribution in [0.25, 0.3) is 0 Å². The van der Waals surface area contributed by atoms with Gasteiger partial charge in [0.1, 0.15) is 0 Å². The van der Waals surface area contributed by atoms with Crippen LogP contribution in [0.3, 0.4) is 0 Å². The van der Waals surface area contributed by atoms with Gasteiger partial charge in [-0.1, -0.05) is 20.8 Å². The normalized spacial score (nSPS) is 23.2. The Hall–Kier alpha value is -0.850. The topological polar surface area (TPSA) is 58.1 Å². The Morgan fingerprint density at radius 2 is 2.04 bits per heavy atom. The van der Waals surface area contributed by atoms with Gasteiger partial charge in [0.05, 0.1) is 12.2 Å². The van der Waals surface area contributed by atoms with Crippen molar-refractivity contribution in [2.75, 3.05) is 54.0 Å². The molecule has 0 aliphatic carbocycles. The molecule has 0 aromatic carbocycles. The van der Waals surface area contributed by atoms with Gasteiger partial charge in [0.2, 0.25) is 0 Å². The van der Waals surface area contributed by atoms with Gasteiger partial charge in [0, 0.05) is 45.8 Å². The molecule has 1 fully saturated rings. The lowest BCUT2D eigenvalue weighted by Crippen LogP contribution is -2.48. The molecule has 0 bridgehead atoms. The molecule has 1 aliphatic heterocycles. The first-order chi connectivity index (χ1) is 12.3. The molecule has 1 rings (SSSR count). The van der Waals surface area contributed by atoms with Gasteiger partial charge in [-0.15, -0.1) is 0 Å². The van der Waals surface area contributed by atoms with Crippen molar-refractivity contribution < 1.29 is 9.47 Å². The lowest BCUT2D eigenvalue weighted by Gasteiger charge is -2.40. The Morgan fingerprint density at radius 3 is 2.62 bits per heavy atom. The van der Waals surface area contributed by atoms with E-state index in [9.17, 15) is 0 Å². The Kier molecular flexibility index (Phi) is 10.5. The Bertz CT molecular complexity index is 407. The first-order valence-electron chi connectivity index (χ1n) is 10.1. The Balaban J connectivity index is 2.48. The third-order valence-corrected chi connectivity index (χ3v) is 4.85. The van der Waals surface area contributed by atoms with Crippen LogP contribution in [0.4, 0.5) is 0 Å². The number of guanidine groups is 1. The van der Waals surface area contributed by atoms with Crippen molar-refractivity contribution in [3.05, 3.63) is 0 Å². The van der Waals surface area contributed by atoms with Gasteiger partial charge < -0.3 is 25.0 Å². The average molecular weight is 371 g/mol. The van der Waals surface area contributed by atoms with E-state index in [2.05, 4.69) is 55.4 Å². The number of aliphatic imine (C=N–C) groups is 1. The van der Waals surface area contributed by atoms with Crippen LogP contribution < -0.4 is 10.6 Å². The summed E-state index contributed by atoms with van der Waals surface area (Å²) in [6, 6.07) is 0. The van der Waals surface area contributed by atoms with Crippen LogP contribution in [0.1, 0.15) is 47.0 Å². The van der Waals surface area contributed by atoms with E-state index in [1.165, 1.54) is 6.42 Å². The standard InChI is InChI=1S/C20H42N4O2/c1-8-25-17(11-12-24(6)7)15-23-19(21-5)22-14-16-10-9-13-26-18(16)20(2,3)4/h16-18H,8-15H2,1-7H3,(H2,21,22,23). The van der Waals surface area contributed by atoms with Gasteiger partial charge in [-0.05, 0) is 45.7 Å². The summed E-state index contributed by atoms with van der Waals surface area (Å²) in [5, 5.41) is 6.92. The molecule has 1 heterocycles. The molecule has 0 saturated carbocycles. The quantitative estimate of drug-likeness (QED) is 0.482. The summed E-state index contributed by atoms with van der Waals surface area (Å²) < 4.78 is 11.9. The van der Waals surface area contributed by atoms with Crippen LogP contribution in [-0.2, 0) is 9.47 Å². The second-order valence-electron chi connectivity index (χ2n) is 8.56. The van der Waals surface area contributed by atoms with E-state index in [-0.39, 0.29) is 17.6 Å². The maximum absolute atomic E-state index is 6.08. The summed E-state index contributed by atoms with van der Waals surface area (Å²) in [5.74, 6) is 1.36. The molecule has 154 valence electrons. The highest BCUT2D eigenvalue weighted by Gasteiger charge is 2.35. The predicted molar refractivity (Wildman–Crippen MR) is 110 cm³/mol. The van der Waals surface area contributed by atoms with E-state index in [1.54, 1.807) is 0 Å². The lowest BCUT2D eigenvalue weighted by molar-refractivity contribution is -0.0835. The molecular weight excluding hydrogens is 328 g/mol. The fourth-order valence-electron chi connectivity index (χ4n) is 3.55. The van der Waals surface area contributed by atoms with E-state index in [0.717, 1.165) is 51.6 Å². The van der Waals surface area contributed by atoms with Gasteiger partial charge >= 0.3 is 0 Å². The maximum atomic E-state index is 6.08. The fourth-order valence-corrected chi connectivity index (χ4v) is 3.55. The number of nitrogens with zero attached hydrogens (tertiary/aromatic N) is 2. The zero-order valence-electron chi connectivity index (χ0n) is 18.1. The summed E-state index contributed by atoms with van der Waals surface area (Å²) in [6.45, 7) is 13.1. The summed E-state index contributed by atoms with van der Waals surface area (Å²) >= 11 is 0. The smallest absolute Gasteiger partial charge is 0.191 e. The monoisotopic (exact) mass is 370 g/mol. The number of nitrogens with one attached hydrogen (secondary N) is 2. The van der Waals surface area contributed by atoms with Gasteiger partial charge in [0.15, 0.2) is 5.96 Å². The molecule has 0 aromatic rings. The molecule has 0 spiro atoms. The zero-order valence-corrected chi connectivity index (χ0v) is 18.1. The molecule has 1 saturated heterocycles. The van der Waals surface area contributed by atoms with E-state index in [4.69, 9.17) is 9.47 Å². The fraction of sp³-hybridized carbons (Fsp3) is 0.950. The van der Waals surface area contributed by atoms with Gasteiger partial charge in [-0.25, -0.2) is 0 Å². The molecule has 6 heteroatoms. The molecule has 6 nitrogen and oxygen atoms in total. The first kappa shape index (κ1) is 23.2. The molecule has 0 radical (unpaired) electrons. The number of rotatable bonds is 9. The van der Waals surface area contributed by atoms with Crippen molar-refractivity contribution in [3.63, 3.8) is 0 Å². The molecule has 1 aliphatic rings. The van der Waals surface area contributed by atoms with Crippen LogP contribution >= 0.6 is 0 Å². The van der Waals surface area contributed by atoms with Crippen LogP contribution in [0.2, 0.25) is 0 Å². The molecule has 0 aromatic heterocycles. The highest BCUT2D eigenvalue weighted by molar-refractivity contribution is 5.79. The van der Waals surface area contributed by atoms with Crippen molar-refractivity contribution in [3.8, 4) is 0 Å². The van der Waals surface area contributed by atoms with Gasteiger partial charge in [-0.2, -0.15) is 0 Å². The highest BCUT2D eigenvalue weighted by atomic mass is 16.5. The van der Waals surface area contributed by atoms with E-state index in [0.29, 0.717) is 5.92 Å². The molecular formula is C20H42N4O2. The van der Waals surface area contributed by atoms with Crippen molar-refractivity contribution in [1.82, 2.24) is 15.5 Å². The van der Waals surface area contributed by atoms with Gasteiger partial charge in [-0.3, -0.25) is 4.99 Å². The van der Waals surface area contributed by atoms with Crippen molar-refractivity contribution in [2.24, 2.45) is 16.3 Å². The highest BCUT2D eigenvalue weighted by Crippen LogP contribution is 2.33. The van der Waals surface area contributed by atoms with Crippen molar-refractivity contribution in [1.29, 1.82) is 0 Å². The van der Waals surface area contributed by atoms with E-state index in [1.807, 2.05) is 14.0 Å². The summed E-state index contributed by atoms with van der Waals surface area (Å²) in [6.07, 6.45) is 3.84. The number of hydrogen-bond acceptors (Lipinski definition) is 4. The molecule has 3 atom stereocenters. The first-order valence-corrected chi connectivity index (χ1v) is 10.1. The van der Waals surface area contributed by atoms with Crippen LogP contribution in [0, 0.1) is 11.3 Å². The van der Waals surface area contributed by atoms with Crippen LogP contribution in [-0.4, -0.2) is 77.1 Å². The lowest BCUT2D eigenvalue weighted by atomic mass is 9.78. The number of ether oxygens (including phenoxy) is 2. The summed E-state index contributed by atoms with van der Waals surface area (Å²) in [7, 11) is 6.01. The number of hydrogen-bond donors (Lipinski definition) is 2. The SMILES string of the molecule is CCOC(CCN(C)C)CNC(=NC)NCC1CCCOC1C(C)(C)C. The maximum Gasteiger partial charge on any atom is 0.191 e. The van der Waals surface area contributed by atoms with Crippen molar-refractivity contribution in [2.45, 2.75) is 59.2 Å². The Labute approximate surface area is 161 Å². The molecule has 3 unspecified atom stereocenters. The zero-order chi connectivity index (χ0) is 19.6. The second-order valence-corrected chi connectivity index (χ2v) is 8.56. The van der Waals surface area contributed by atoms with Crippen LogP contribution in [0.15, 0.2) is 4.99 Å². The van der Waals surface area contributed by atoms with Crippen molar-refractivity contribution >= 4 is 5.96 Å². The summed E-state index contributed by atoms with van der Waals surface area (Å²) in [5.41, 5.74) is 0.163. The van der Waals surface area contributed by atoms with E-state index >= 15 is 0 Å². The molecule has 0 amide bonds. The minimum Gasteiger partial charge on any atom is -0.377 e. The van der Waals surface area contributed by atoms with E-state index < -0.39 is 0 Å². The third-order valence-electron chi connectivity index (χ3n) is 4.85. The molecule has 2 N–H and O–H groups in total. The Morgan fingerprint density at radius 1 is 1.31 bits per heavy atom. The second kappa shape index (κ2) is 11.8. The minimum atomic E-state index is 0.163. The predicted octanol–water partition coefficient (Wildman–Crippen LogP) is 2.35.